The summed E-state index contributed by atoms with van der Waals surface area (Å²) in [4.78, 5) is 0. The zero-order chi connectivity index (χ0) is 50.4. The molecular formula is C70H60N3P. The maximum atomic E-state index is 3.80. The van der Waals surface area contributed by atoms with Gasteiger partial charge in [0.1, 0.15) is 0 Å². The van der Waals surface area contributed by atoms with Gasteiger partial charge in [-0.05, 0) is 145 Å². The molecule has 360 valence electrons. The highest BCUT2D eigenvalue weighted by atomic mass is 31.1. The first-order chi connectivity index (χ1) is 36.5. The molecule has 74 heavy (non-hydrogen) atoms. The Labute approximate surface area is 436 Å². The summed E-state index contributed by atoms with van der Waals surface area (Å²) in [6.07, 6.45) is 7.50. The highest BCUT2D eigenvalue weighted by Gasteiger charge is 2.16. The third-order valence-corrected chi connectivity index (χ3v) is 15.4. The molecule has 0 radical (unpaired) electrons. The summed E-state index contributed by atoms with van der Waals surface area (Å²) in [5.74, 6) is 0. The number of allylic oxidation sites excluding steroid dienone is 3. The SMILES string of the molecule is C=CCC/C=C(\C)c1ccc2c(c1)c1ccccc1n2-c1ccccc1.CCc1ccccc1PC.c1cc(-c2cccc(-n3c4ccccc4c4ccccc43)c2)cc(-n2c3ccccc3c3ccccc32)c1. The third-order valence-electron chi connectivity index (χ3n) is 14.3. The number of hydrogen-bond donors (Lipinski definition) is 0. The molecule has 1 unspecified atom stereocenters. The van der Waals surface area contributed by atoms with E-state index in [0.717, 1.165) is 27.8 Å². The first kappa shape index (κ1) is 47.8. The molecular weight excluding hydrogens is 914 g/mol. The Morgan fingerprint density at radius 1 is 0.405 bits per heavy atom. The summed E-state index contributed by atoms with van der Waals surface area (Å²) in [5, 5.41) is 9.24. The van der Waals surface area contributed by atoms with E-state index < -0.39 is 0 Å². The lowest BCUT2D eigenvalue weighted by Gasteiger charge is -2.12. The van der Waals surface area contributed by atoms with Gasteiger partial charge in [-0.2, -0.15) is 0 Å². The lowest BCUT2D eigenvalue weighted by molar-refractivity contribution is 1.06. The van der Waals surface area contributed by atoms with E-state index in [-0.39, 0.29) is 0 Å². The Morgan fingerprint density at radius 3 is 1.27 bits per heavy atom. The van der Waals surface area contributed by atoms with Gasteiger partial charge in [0.25, 0.3) is 0 Å². The second-order valence-corrected chi connectivity index (χ2v) is 19.8. The maximum absolute atomic E-state index is 3.80. The van der Waals surface area contributed by atoms with Crippen molar-refractivity contribution in [2.75, 3.05) is 6.66 Å². The average molecular weight is 974 g/mol. The first-order valence-electron chi connectivity index (χ1n) is 25.8. The fourth-order valence-electron chi connectivity index (χ4n) is 10.7. The minimum absolute atomic E-state index is 0.936. The van der Waals surface area contributed by atoms with E-state index in [4.69, 9.17) is 0 Å². The van der Waals surface area contributed by atoms with Crippen molar-refractivity contribution in [2.24, 2.45) is 0 Å². The zero-order valence-electron chi connectivity index (χ0n) is 42.4. The van der Waals surface area contributed by atoms with E-state index in [1.165, 1.54) is 116 Å². The van der Waals surface area contributed by atoms with E-state index in [1.807, 2.05) is 6.08 Å². The molecule has 13 aromatic rings. The van der Waals surface area contributed by atoms with Crippen LogP contribution in [0.2, 0.25) is 0 Å². The molecule has 10 aromatic carbocycles. The third kappa shape index (κ3) is 9.28. The molecule has 4 heteroatoms. The Morgan fingerprint density at radius 2 is 0.811 bits per heavy atom. The molecule has 1 atom stereocenters. The van der Waals surface area contributed by atoms with E-state index in [9.17, 15) is 0 Å². The van der Waals surface area contributed by atoms with Crippen LogP contribution in [0.4, 0.5) is 0 Å². The van der Waals surface area contributed by atoms with Crippen molar-refractivity contribution < 1.29 is 0 Å². The molecule has 3 heterocycles. The van der Waals surface area contributed by atoms with Crippen LogP contribution in [0.1, 0.15) is 37.8 Å². The number of fused-ring (bicyclic) bond motifs is 9. The van der Waals surface area contributed by atoms with Crippen LogP contribution in [0.5, 0.6) is 0 Å². The molecule has 0 fully saturated rings. The smallest absolute Gasteiger partial charge is 0.0541 e. The zero-order valence-corrected chi connectivity index (χ0v) is 43.4. The van der Waals surface area contributed by atoms with Crippen molar-refractivity contribution in [3.8, 4) is 28.2 Å². The van der Waals surface area contributed by atoms with Crippen molar-refractivity contribution in [1.29, 1.82) is 0 Å². The lowest BCUT2D eigenvalue weighted by Crippen LogP contribution is -2.00. The van der Waals surface area contributed by atoms with E-state index in [1.54, 1.807) is 0 Å². The molecule has 3 nitrogen and oxygen atoms in total. The number of nitrogens with zero attached hydrogens (tertiary/aromatic N) is 3. The van der Waals surface area contributed by atoms with Gasteiger partial charge < -0.3 is 13.7 Å². The molecule has 0 amide bonds. The van der Waals surface area contributed by atoms with Crippen LogP contribution in [0.3, 0.4) is 0 Å². The summed E-state index contributed by atoms with van der Waals surface area (Å²) in [7, 11) is 0.936. The molecule has 0 aliphatic heterocycles. The van der Waals surface area contributed by atoms with Crippen LogP contribution in [-0.4, -0.2) is 20.4 Å². The number of aryl methyl sites for hydroxylation is 1. The number of hydrogen-bond acceptors (Lipinski definition) is 0. The highest BCUT2D eigenvalue weighted by molar-refractivity contribution is 7.46. The Hall–Kier alpha value is -8.49. The van der Waals surface area contributed by atoms with Crippen LogP contribution in [-0.2, 0) is 6.42 Å². The second-order valence-electron chi connectivity index (χ2n) is 18.8. The molecule has 0 aliphatic rings. The molecule has 0 spiro atoms. The maximum Gasteiger partial charge on any atom is 0.0541 e. The quantitative estimate of drug-likeness (QED) is 0.0737. The van der Waals surface area contributed by atoms with Gasteiger partial charge >= 0.3 is 0 Å². The Bertz CT molecular complexity index is 3860. The van der Waals surface area contributed by atoms with Gasteiger partial charge in [0.2, 0.25) is 0 Å². The molecule has 0 saturated heterocycles. The predicted molar refractivity (Wildman–Crippen MR) is 324 cm³/mol. The summed E-state index contributed by atoms with van der Waals surface area (Å²) in [5.41, 5.74) is 17.5. The van der Waals surface area contributed by atoms with Crippen LogP contribution >= 0.6 is 8.58 Å². The van der Waals surface area contributed by atoms with Crippen LogP contribution < -0.4 is 5.30 Å². The fourth-order valence-corrected chi connectivity index (χ4v) is 11.6. The van der Waals surface area contributed by atoms with Crippen molar-refractivity contribution in [1.82, 2.24) is 13.7 Å². The molecule has 3 aromatic heterocycles. The van der Waals surface area contributed by atoms with Crippen LogP contribution in [0.25, 0.3) is 99.2 Å². The van der Waals surface area contributed by atoms with Crippen LogP contribution in [0.15, 0.2) is 261 Å². The van der Waals surface area contributed by atoms with E-state index in [0.29, 0.717) is 0 Å². The summed E-state index contributed by atoms with van der Waals surface area (Å²) in [6.45, 7) is 10.4. The topological polar surface area (TPSA) is 14.8 Å². The largest absolute Gasteiger partial charge is 0.309 e. The van der Waals surface area contributed by atoms with Crippen molar-refractivity contribution in [2.45, 2.75) is 33.1 Å². The number of rotatable bonds is 10. The van der Waals surface area contributed by atoms with Gasteiger partial charge in [-0.15, -0.1) is 6.58 Å². The molecule has 0 saturated carbocycles. The highest BCUT2D eigenvalue weighted by Crippen LogP contribution is 2.37. The second kappa shape index (κ2) is 21.7. The predicted octanol–water partition coefficient (Wildman–Crippen LogP) is 18.9. The van der Waals surface area contributed by atoms with Crippen molar-refractivity contribution in [3.63, 3.8) is 0 Å². The summed E-state index contributed by atoms with van der Waals surface area (Å²) >= 11 is 0. The van der Waals surface area contributed by atoms with Crippen LogP contribution in [0, 0.1) is 0 Å². The van der Waals surface area contributed by atoms with Crippen molar-refractivity contribution >= 4 is 84.9 Å². The van der Waals surface area contributed by atoms with Gasteiger partial charge in [0, 0.05) is 49.4 Å². The molecule has 0 aliphatic carbocycles. The summed E-state index contributed by atoms with van der Waals surface area (Å²) < 4.78 is 7.11. The van der Waals surface area contributed by atoms with Crippen molar-refractivity contribution in [3.05, 3.63) is 273 Å². The average Bonchev–Trinajstić information content (AvgIpc) is 4.12. The monoisotopic (exact) mass is 973 g/mol. The normalized spacial score (nSPS) is 11.7. The van der Waals surface area contributed by atoms with Gasteiger partial charge in [-0.25, -0.2) is 0 Å². The minimum Gasteiger partial charge on any atom is -0.309 e. The van der Waals surface area contributed by atoms with E-state index >= 15 is 0 Å². The Kier molecular flexibility index (Phi) is 14.0. The fraction of sp³-hybridized carbons (Fsp3) is 0.0857. The van der Waals surface area contributed by atoms with Gasteiger partial charge in [-0.3, -0.25) is 0 Å². The Balaban J connectivity index is 0.000000141. The number of benzene rings is 10. The minimum atomic E-state index is 0.936. The number of aromatic nitrogens is 3. The standard InChI is InChI=1S/C36H24N2.C25H23N.C9H13P/c1-5-19-33-29(15-1)30-16-2-6-20-34(30)37(33)27-13-9-11-25(23-27)26-12-10-14-28(24-26)38-35-21-7-3-17-31(35)32-18-4-8-22-36(32)38;1-3-4-6-11-19(2)20-16-17-25-23(18-20)22-14-9-10-15-24(22)26(25)21-12-7-5-8-13-21;1-3-8-6-4-5-7-9(8)10-2/h1-24H;3,5,7-18H,1,4,6H2,2H3;4-7,10H,3H2,1-2H3/b;19-11+;. The van der Waals surface area contributed by atoms with E-state index in [2.05, 4.69) is 290 Å². The van der Waals surface area contributed by atoms with Gasteiger partial charge in [-0.1, -0.05) is 191 Å². The summed E-state index contributed by atoms with van der Waals surface area (Å²) in [6, 6.07) is 87.2. The van der Waals surface area contributed by atoms with Gasteiger partial charge in [0.15, 0.2) is 0 Å². The number of unbranched alkanes of at least 4 members (excludes halogenated alkanes) is 1. The first-order valence-corrected chi connectivity index (χ1v) is 27.3. The lowest BCUT2D eigenvalue weighted by atomic mass is 10.0. The number of para-hydroxylation sites is 6. The molecule has 0 N–H and O–H groups in total. The molecule has 0 bridgehead atoms. The van der Waals surface area contributed by atoms with Gasteiger partial charge in [0.05, 0.1) is 33.1 Å². The molecule has 13 rings (SSSR count).